The number of amides is 2. The Morgan fingerprint density at radius 3 is 2.08 bits per heavy atom. The summed E-state index contributed by atoms with van der Waals surface area (Å²) in [5, 5.41) is 2.93. The van der Waals surface area contributed by atoms with Gasteiger partial charge in [-0.05, 0) is 82.6 Å². The van der Waals surface area contributed by atoms with Gasteiger partial charge in [0.05, 0.1) is 10.6 Å². The van der Waals surface area contributed by atoms with Crippen LogP contribution in [0.2, 0.25) is 0 Å². The number of aryl methyl sites for hydroxylation is 1. The molecule has 0 aliphatic heterocycles. The molecule has 0 heterocycles. The van der Waals surface area contributed by atoms with Crippen LogP contribution in [0.15, 0.2) is 86.6 Å². The molecule has 39 heavy (non-hydrogen) atoms. The fraction of sp³-hybridized carbons (Fsp3) is 0.310. The van der Waals surface area contributed by atoms with Crippen molar-refractivity contribution in [2.24, 2.45) is 0 Å². The van der Waals surface area contributed by atoms with Crippen molar-refractivity contribution >= 4 is 59.4 Å². The predicted molar refractivity (Wildman–Crippen MR) is 162 cm³/mol. The number of rotatable bonds is 9. The highest BCUT2D eigenvalue weighted by Gasteiger charge is 2.33. The molecular weight excluding hydrogens is 646 g/mol. The first-order chi connectivity index (χ1) is 18.2. The molecular formula is C29H33Br2N3O4S. The van der Waals surface area contributed by atoms with Crippen molar-refractivity contribution in [1.29, 1.82) is 0 Å². The molecule has 208 valence electrons. The maximum Gasteiger partial charge on any atom is 0.264 e. The minimum absolute atomic E-state index is 0.0675. The molecule has 1 N–H and O–H groups in total. The molecule has 0 radical (unpaired) electrons. The number of nitrogens with one attached hydrogen (secondary N) is 1. The molecule has 0 unspecified atom stereocenters. The monoisotopic (exact) mass is 677 g/mol. The summed E-state index contributed by atoms with van der Waals surface area (Å²) in [5.74, 6) is -0.844. The smallest absolute Gasteiger partial charge is 0.264 e. The molecule has 1 atom stereocenters. The van der Waals surface area contributed by atoms with Gasteiger partial charge in [-0.2, -0.15) is 0 Å². The highest BCUT2D eigenvalue weighted by atomic mass is 79.9. The number of carbonyl (C=O) groups excluding carboxylic acids is 2. The van der Waals surface area contributed by atoms with E-state index in [4.69, 9.17) is 0 Å². The summed E-state index contributed by atoms with van der Waals surface area (Å²) in [4.78, 5) is 28.6. The summed E-state index contributed by atoms with van der Waals surface area (Å²) in [6.07, 6.45) is 0. The molecule has 3 aromatic carbocycles. The number of nitrogens with zero attached hydrogens (tertiary/aromatic N) is 2. The van der Waals surface area contributed by atoms with Crippen LogP contribution >= 0.6 is 31.9 Å². The van der Waals surface area contributed by atoms with E-state index in [0.29, 0.717) is 10.2 Å². The number of halogens is 2. The molecule has 0 spiro atoms. The van der Waals surface area contributed by atoms with Gasteiger partial charge in [-0.25, -0.2) is 8.42 Å². The van der Waals surface area contributed by atoms with E-state index < -0.39 is 34.1 Å². The summed E-state index contributed by atoms with van der Waals surface area (Å²) >= 11 is 6.86. The van der Waals surface area contributed by atoms with Gasteiger partial charge < -0.3 is 10.2 Å². The molecule has 7 nitrogen and oxygen atoms in total. The molecule has 10 heteroatoms. The first kappa shape index (κ1) is 30.8. The van der Waals surface area contributed by atoms with Gasteiger partial charge >= 0.3 is 0 Å². The van der Waals surface area contributed by atoms with Crippen molar-refractivity contribution in [1.82, 2.24) is 10.2 Å². The number of hydrogen-bond acceptors (Lipinski definition) is 4. The maximum absolute atomic E-state index is 14.0. The lowest BCUT2D eigenvalue weighted by atomic mass is 10.1. The van der Waals surface area contributed by atoms with E-state index in [1.54, 1.807) is 43.3 Å². The second kappa shape index (κ2) is 12.7. The summed E-state index contributed by atoms with van der Waals surface area (Å²) in [7, 11) is -4.11. The van der Waals surface area contributed by atoms with E-state index in [0.717, 1.165) is 19.9 Å². The standard InChI is InChI=1S/C29H33Br2N3O4S/c1-20-12-14-26(15-13-20)39(37,38)34(25-11-7-10-24(31)17-25)19-27(35)33(18-22-8-6-9-23(30)16-22)21(2)28(36)32-29(3,4)5/h6-17,21H,18-19H2,1-5H3,(H,32,36)/t21-/m1/s1. The van der Waals surface area contributed by atoms with E-state index >= 15 is 0 Å². The zero-order valence-electron chi connectivity index (χ0n) is 22.6. The fourth-order valence-corrected chi connectivity index (χ4v) is 6.13. The third kappa shape index (κ3) is 8.40. The van der Waals surface area contributed by atoms with E-state index in [1.807, 2.05) is 52.0 Å². The van der Waals surface area contributed by atoms with Crippen LogP contribution in [0.1, 0.15) is 38.8 Å². The summed E-state index contributed by atoms with van der Waals surface area (Å²) < 4.78 is 30.3. The largest absolute Gasteiger partial charge is 0.350 e. The number of carbonyl (C=O) groups is 2. The Morgan fingerprint density at radius 1 is 0.923 bits per heavy atom. The Hall–Kier alpha value is -2.69. The van der Waals surface area contributed by atoms with Gasteiger partial charge in [-0.15, -0.1) is 0 Å². The van der Waals surface area contributed by atoms with Gasteiger partial charge in [0.2, 0.25) is 11.8 Å². The van der Waals surface area contributed by atoms with Crippen LogP contribution in [0.4, 0.5) is 5.69 Å². The van der Waals surface area contributed by atoms with Crippen LogP contribution in [0.5, 0.6) is 0 Å². The Balaban J connectivity index is 2.04. The summed E-state index contributed by atoms with van der Waals surface area (Å²) in [6.45, 7) is 8.73. The summed E-state index contributed by atoms with van der Waals surface area (Å²) in [5.41, 5.74) is 1.53. The number of sulfonamides is 1. The zero-order valence-corrected chi connectivity index (χ0v) is 26.6. The molecule has 0 aliphatic rings. The van der Waals surface area contributed by atoms with Crippen molar-refractivity contribution in [3.63, 3.8) is 0 Å². The lowest BCUT2D eigenvalue weighted by Gasteiger charge is -2.33. The van der Waals surface area contributed by atoms with E-state index in [9.17, 15) is 18.0 Å². The minimum Gasteiger partial charge on any atom is -0.350 e. The second-order valence-electron chi connectivity index (χ2n) is 10.4. The molecule has 0 aliphatic carbocycles. The maximum atomic E-state index is 14.0. The van der Waals surface area contributed by atoms with Crippen LogP contribution in [-0.2, 0) is 26.2 Å². The van der Waals surface area contributed by atoms with Crippen LogP contribution in [-0.4, -0.2) is 43.3 Å². The van der Waals surface area contributed by atoms with Crippen molar-refractivity contribution in [3.05, 3.63) is 92.9 Å². The van der Waals surface area contributed by atoms with E-state index in [2.05, 4.69) is 37.2 Å². The third-order valence-corrected chi connectivity index (χ3v) is 8.67. The normalized spacial score (nSPS) is 12.5. The SMILES string of the molecule is Cc1ccc(S(=O)(=O)N(CC(=O)N(Cc2cccc(Br)c2)[C@H](C)C(=O)NC(C)(C)C)c2cccc(Br)c2)cc1. The molecule has 3 rings (SSSR count). The van der Waals surface area contributed by atoms with Crippen molar-refractivity contribution in [3.8, 4) is 0 Å². The fourth-order valence-electron chi connectivity index (χ4n) is 3.89. The average Bonchev–Trinajstić information content (AvgIpc) is 2.84. The molecule has 0 saturated heterocycles. The number of hydrogen-bond donors (Lipinski definition) is 1. The average molecular weight is 679 g/mol. The third-order valence-electron chi connectivity index (χ3n) is 5.89. The first-order valence-corrected chi connectivity index (χ1v) is 15.4. The molecule has 0 fully saturated rings. The van der Waals surface area contributed by atoms with Gasteiger partial charge in [-0.1, -0.05) is 67.8 Å². The Kier molecular flexibility index (Phi) is 10.0. The van der Waals surface area contributed by atoms with Crippen molar-refractivity contribution in [2.75, 3.05) is 10.8 Å². The summed E-state index contributed by atoms with van der Waals surface area (Å²) in [6, 6.07) is 19.8. The quantitative estimate of drug-likeness (QED) is 0.299. The lowest BCUT2D eigenvalue weighted by molar-refractivity contribution is -0.140. The molecule has 0 saturated carbocycles. The highest BCUT2D eigenvalue weighted by Crippen LogP contribution is 2.27. The lowest BCUT2D eigenvalue weighted by Crippen LogP contribution is -2.54. The second-order valence-corrected chi connectivity index (χ2v) is 14.1. The topological polar surface area (TPSA) is 86.8 Å². The Morgan fingerprint density at radius 2 is 1.51 bits per heavy atom. The zero-order chi connectivity index (χ0) is 29.0. The van der Waals surface area contributed by atoms with Crippen molar-refractivity contribution in [2.45, 2.75) is 57.6 Å². The van der Waals surface area contributed by atoms with Gasteiger partial charge in [0.15, 0.2) is 0 Å². The molecule has 2 amide bonds. The van der Waals surface area contributed by atoms with E-state index in [-0.39, 0.29) is 17.3 Å². The van der Waals surface area contributed by atoms with Crippen molar-refractivity contribution < 1.29 is 18.0 Å². The van der Waals surface area contributed by atoms with Gasteiger partial charge in [-0.3, -0.25) is 13.9 Å². The Labute approximate surface area is 247 Å². The predicted octanol–water partition coefficient (Wildman–Crippen LogP) is 6.05. The van der Waals surface area contributed by atoms with Gasteiger partial charge in [0, 0.05) is 21.0 Å². The van der Waals surface area contributed by atoms with Crippen LogP contribution in [0.3, 0.4) is 0 Å². The Bertz CT molecular complexity index is 1440. The molecule has 3 aromatic rings. The molecule has 0 aromatic heterocycles. The first-order valence-electron chi connectivity index (χ1n) is 12.4. The van der Waals surface area contributed by atoms with Crippen LogP contribution in [0.25, 0.3) is 0 Å². The van der Waals surface area contributed by atoms with Crippen LogP contribution in [0, 0.1) is 6.92 Å². The highest BCUT2D eigenvalue weighted by molar-refractivity contribution is 9.10. The number of anilines is 1. The van der Waals surface area contributed by atoms with Crippen LogP contribution < -0.4 is 9.62 Å². The van der Waals surface area contributed by atoms with E-state index in [1.165, 1.54) is 17.0 Å². The molecule has 0 bridgehead atoms. The minimum atomic E-state index is -4.11. The van der Waals surface area contributed by atoms with Gasteiger partial charge in [0.1, 0.15) is 12.6 Å². The number of benzene rings is 3. The van der Waals surface area contributed by atoms with Gasteiger partial charge in [0.25, 0.3) is 10.0 Å².